The standard InChI is InChI=1S/C39H33F3N2O5/c40-39(41,42)30-17-12-26(13-18-30)24-48-32-19-16-28-22-34(43-23-29(28)21-32)37(45)44-35(38(46)47)20-25-10-14-27(15-11-25)33-8-4-5-9-36(33)49-31-6-2-1-3-7-31/h1-19,21,34-35,43H,20,22-24H2,(H,44,45)(H,46,47)/t34-,35-/m0/s1. The third-order valence-electron chi connectivity index (χ3n) is 8.32. The fourth-order valence-corrected chi connectivity index (χ4v) is 5.66. The largest absolute Gasteiger partial charge is 0.489 e. The van der Waals surface area contributed by atoms with Gasteiger partial charge in [-0.3, -0.25) is 4.79 Å². The molecule has 3 N–H and O–H groups in total. The van der Waals surface area contributed by atoms with Gasteiger partial charge in [0.25, 0.3) is 0 Å². The van der Waals surface area contributed by atoms with Gasteiger partial charge in [-0.05, 0) is 76.7 Å². The van der Waals surface area contributed by atoms with Crippen LogP contribution in [0.3, 0.4) is 0 Å². The number of aliphatic carboxylic acids is 1. The molecule has 0 saturated heterocycles. The number of alkyl halides is 3. The molecule has 0 aliphatic carbocycles. The number of hydrogen-bond acceptors (Lipinski definition) is 5. The normalized spacial score (nSPS) is 14.7. The molecular formula is C39H33F3N2O5. The van der Waals surface area contributed by atoms with Gasteiger partial charge in [-0.2, -0.15) is 13.2 Å². The molecule has 1 heterocycles. The van der Waals surface area contributed by atoms with E-state index in [2.05, 4.69) is 10.6 Å². The molecule has 1 aliphatic rings. The van der Waals surface area contributed by atoms with Gasteiger partial charge in [0.2, 0.25) is 5.91 Å². The number of nitrogens with one attached hydrogen (secondary N) is 2. The molecular weight excluding hydrogens is 633 g/mol. The summed E-state index contributed by atoms with van der Waals surface area (Å²) >= 11 is 0. The van der Waals surface area contributed by atoms with E-state index >= 15 is 0 Å². The predicted octanol–water partition coefficient (Wildman–Crippen LogP) is 7.57. The number of halogens is 3. The number of amides is 1. The molecule has 0 spiro atoms. The highest BCUT2D eigenvalue weighted by atomic mass is 19.4. The second kappa shape index (κ2) is 14.7. The van der Waals surface area contributed by atoms with E-state index in [4.69, 9.17) is 9.47 Å². The zero-order valence-corrected chi connectivity index (χ0v) is 26.2. The second-order valence-electron chi connectivity index (χ2n) is 11.8. The first-order valence-electron chi connectivity index (χ1n) is 15.7. The molecule has 10 heteroatoms. The monoisotopic (exact) mass is 666 g/mol. The molecule has 0 radical (unpaired) electrons. The predicted molar refractivity (Wildman–Crippen MR) is 178 cm³/mol. The van der Waals surface area contributed by atoms with Gasteiger partial charge >= 0.3 is 12.1 Å². The topological polar surface area (TPSA) is 96.9 Å². The number of carboxylic acid groups (broad SMARTS) is 1. The van der Waals surface area contributed by atoms with Crippen LogP contribution in [-0.2, 0) is 41.8 Å². The Morgan fingerprint density at radius 1 is 0.816 bits per heavy atom. The SMILES string of the molecule is O=C(O)[C@H](Cc1ccc(-c2ccccc2Oc2ccccc2)cc1)NC(=O)[C@@H]1Cc2ccc(OCc3ccc(C(F)(F)F)cc3)cc2CN1. The fourth-order valence-electron chi connectivity index (χ4n) is 5.66. The maximum atomic E-state index is 13.2. The minimum absolute atomic E-state index is 0.102. The number of ether oxygens (including phenoxy) is 2. The lowest BCUT2D eigenvalue weighted by atomic mass is 9.94. The third-order valence-corrected chi connectivity index (χ3v) is 8.32. The van der Waals surface area contributed by atoms with Crippen molar-refractivity contribution in [3.63, 3.8) is 0 Å². The number of rotatable bonds is 11. The van der Waals surface area contributed by atoms with Crippen LogP contribution < -0.4 is 20.1 Å². The van der Waals surface area contributed by atoms with Gasteiger partial charge in [-0.1, -0.05) is 78.9 Å². The zero-order valence-electron chi connectivity index (χ0n) is 26.2. The van der Waals surface area contributed by atoms with Gasteiger partial charge in [-0.15, -0.1) is 0 Å². The van der Waals surface area contributed by atoms with Crippen LogP contribution in [0.1, 0.15) is 27.8 Å². The van der Waals surface area contributed by atoms with Gasteiger partial charge in [0.1, 0.15) is 29.9 Å². The summed E-state index contributed by atoms with van der Waals surface area (Å²) in [5.41, 5.74) is 4.27. The van der Waals surface area contributed by atoms with Crippen LogP contribution in [0.15, 0.2) is 121 Å². The summed E-state index contributed by atoms with van der Waals surface area (Å²) in [6, 6.07) is 33.2. The van der Waals surface area contributed by atoms with Gasteiger partial charge < -0.3 is 25.2 Å². The summed E-state index contributed by atoms with van der Waals surface area (Å²) < 4.78 is 50.4. The highest BCUT2D eigenvalue weighted by molar-refractivity contribution is 5.87. The molecule has 250 valence electrons. The first kappa shape index (κ1) is 33.3. The lowest BCUT2D eigenvalue weighted by molar-refractivity contribution is -0.142. The number of para-hydroxylation sites is 2. The van der Waals surface area contributed by atoms with Crippen molar-refractivity contribution in [2.45, 2.75) is 44.3 Å². The number of carboxylic acids is 1. The van der Waals surface area contributed by atoms with E-state index in [1.54, 1.807) is 6.07 Å². The van der Waals surface area contributed by atoms with Crippen LogP contribution in [0, 0.1) is 0 Å². The van der Waals surface area contributed by atoms with E-state index in [-0.39, 0.29) is 13.0 Å². The van der Waals surface area contributed by atoms with Crippen molar-refractivity contribution in [1.29, 1.82) is 0 Å². The Hall–Kier alpha value is -5.61. The molecule has 0 bridgehead atoms. The van der Waals surface area contributed by atoms with Crippen molar-refractivity contribution >= 4 is 11.9 Å². The van der Waals surface area contributed by atoms with Crippen molar-refractivity contribution in [3.05, 3.63) is 149 Å². The molecule has 5 aromatic rings. The smallest absolute Gasteiger partial charge is 0.416 e. The van der Waals surface area contributed by atoms with E-state index in [9.17, 15) is 27.9 Å². The molecule has 1 amide bonds. The Kier molecular flexibility index (Phi) is 9.96. The minimum Gasteiger partial charge on any atom is -0.489 e. The van der Waals surface area contributed by atoms with Crippen LogP contribution >= 0.6 is 0 Å². The lowest BCUT2D eigenvalue weighted by Gasteiger charge is -2.27. The van der Waals surface area contributed by atoms with Gasteiger partial charge in [0.15, 0.2) is 0 Å². The molecule has 1 aliphatic heterocycles. The summed E-state index contributed by atoms with van der Waals surface area (Å²) in [7, 11) is 0. The van der Waals surface area contributed by atoms with Crippen molar-refractivity contribution in [2.24, 2.45) is 0 Å². The summed E-state index contributed by atoms with van der Waals surface area (Å²) in [6.45, 7) is 0.463. The lowest BCUT2D eigenvalue weighted by Crippen LogP contribution is -2.52. The number of fused-ring (bicyclic) bond motifs is 1. The van der Waals surface area contributed by atoms with Crippen molar-refractivity contribution < 1.29 is 37.3 Å². The van der Waals surface area contributed by atoms with Crippen LogP contribution in [0.2, 0.25) is 0 Å². The van der Waals surface area contributed by atoms with Gasteiger partial charge in [0, 0.05) is 18.5 Å². The first-order chi connectivity index (χ1) is 23.6. The van der Waals surface area contributed by atoms with Crippen LogP contribution in [0.25, 0.3) is 11.1 Å². The van der Waals surface area contributed by atoms with E-state index in [0.29, 0.717) is 30.0 Å². The average molecular weight is 667 g/mol. The zero-order chi connectivity index (χ0) is 34.4. The third kappa shape index (κ3) is 8.46. The average Bonchev–Trinajstić information content (AvgIpc) is 3.11. The first-order valence-corrected chi connectivity index (χ1v) is 15.7. The molecule has 0 aromatic heterocycles. The number of hydrogen-bond donors (Lipinski definition) is 3. The molecule has 0 saturated carbocycles. The quantitative estimate of drug-likeness (QED) is 0.135. The summed E-state index contributed by atoms with van der Waals surface area (Å²) in [4.78, 5) is 25.4. The summed E-state index contributed by atoms with van der Waals surface area (Å²) in [5.74, 6) is 0.415. The molecule has 6 rings (SSSR count). The van der Waals surface area contributed by atoms with Crippen molar-refractivity contribution in [3.8, 4) is 28.4 Å². The van der Waals surface area contributed by atoms with E-state index in [0.717, 1.165) is 45.7 Å². The number of carbonyl (C=O) groups is 2. The van der Waals surface area contributed by atoms with Crippen LogP contribution in [0.4, 0.5) is 13.2 Å². The Bertz CT molecular complexity index is 1910. The molecule has 0 fully saturated rings. The van der Waals surface area contributed by atoms with Gasteiger partial charge in [-0.25, -0.2) is 4.79 Å². The Balaban J connectivity index is 1.04. The molecule has 2 atom stereocenters. The van der Waals surface area contributed by atoms with Crippen molar-refractivity contribution in [1.82, 2.24) is 10.6 Å². The minimum atomic E-state index is -4.39. The maximum absolute atomic E-state index is 13.2. The Labute approximate surface area is 281 Å². The van der Waals surface area contributed by atoms with E-state index in [1.165, 1.54) is 12.1 Å². The highest BCUT2D eigenvalue weighted by Crippen LogP contribution is 2.34. The fraction of sp³-hybridized carbons (Fsp3) is 0.179. The molecule has 49 heavy (non-hydrogen) atoms. The van der Waals surface area contributed by atoms with Gasteiger partial charge in [0.05, 0.1) is 11.6 Å². The molecule has 5 aromatic carbocycles. The van der Waals surface area contributed by atoms with Crippen molar-refractivity contribution in [2.75, 3.05) is 0 Å². The van der Waals surface area contributed by atoms with Crippen LogP contribution in [-0.4, -0.2) is 29.1 Å². The Morgan fingerprint density at radius 2 is 1.51 bits per heavy atom. The van der Waals surface area contributed by atoms with E-state index < -0.39 is 35.7 Å². The second-order valence-corrected chi connectivity index (χ2v) is 11.8. The maximum Gasteiger partial charge on any atom is 0.416 e. The molecule has 7 nitrogen and oxygen atoms in total. The highest BCUT2D eigenvalue weighted by Gasteiger charge is 2.30. The van der Waals surface area contributed by atoms with E-state index in [1.807, 2.05) is 91.0 Å². The number of carbonyl (C=O) groups excluding carboxylic acids is 1. The Morgan fingerprint density at radius 3 is 2.22 bits per heavy atom. The van der Waals surface area contributed by atoms with Crippen LogP contribution in [0.5, 0.6) is 17.2 Å². The summed E-state index contributed by atoms with van der Waals surface area (Å²) in [5, 5.41) is 15.8. The number of benzene rings is 5. The molecule has 0 unspecified atom stereocenters. The summed E-state index contributed by atoms with van der Waals surface area (Å²) in [6.07, 6.45) is -3.94.